The van der Waals surface area contributed by atoms with Crippen molar-refractivity contribution in [1.29, 1.82) is 0 Å². The fourth-order valence-electron chi connectivity index (χ4n) is 2.14. The van der Waals surface area contributed by atoms with Crippen molar-refractivity contribution in [3.8, 4) is 0 Å². The molecular formula is C11H12N2OS2. The van der Waals surface area contributed by atoms with Crippen LogP contribution >= 0.6 is 23.1 Å². The highest BCUT2D eigenvalue weighted by molar-refractivity contribution is 8.00. The number of aromatic nitrogens is 2. The van der Waals surface area contributed by atoms with E-state index in [4.69, 9.17) is 0 Å². The molecule has 1 saturated carbocycles. The topological polar surface area (TPSA) is 34.4 Å². The van der Waals surface area contributed by atoms with Crippen molar-refractivity contribution in [2.24, 2.45) is 0 Å². The summed E-state index contributed by atoms with van der Waals surface area (Å²) in [5.41, 5.74) is 0.716. The summed E-state index contributed by atoms with van der Waals surface area (Å²) in [7, 11) is 0. The lowest BCUT2D eigenvalue weighted by atomic mass is 10.4. The lowest BCUT2D eigenvalue weighted by molar-refractivity contribution is 0.111. The van der Waals surface area contributed by atoms with E-state index in [1.807, 2.05) is 16.0 Å². The highest BCUT2D eigenvalue weighted by Crippen LogP contribution is 2.36. The van der Waals surface area contributed by atoms with Crippen LogP contribution in [0.25, 0.3) is 4.96 Å². The third-order valence-electron chi connectivity index (χ3n) is 2.96. The standard InChI is InChI=1S/C11H12N2OS2/c14-7-9-10(16-8-3-1-2-4-8)12-11-13(9)5-6-15-11/h5-8H,1-4H2. The lowest BCUT2D eigenvalue weighted by Crippen LogP contribution is -1.96. The van der Waals surface area contributed by atoms with Crippen molar-refractivity contribution in [2.75, 3.05) is 0 Å². The summed E-state index contributed by atoms with van der Waals surface area (Å²) < 4.78 is 1.88. The normalized spacial score (nSPS) is 17.2. The number of rotatable bonds is 3. The summed E-state index contributed by atoms with van der Waals surface area (Å²) in [5, 5.41) is 3.52. The van der Waals surface area contributed by atoms with Crippen molar-refractivity contribution in [3.63, 3.8) is 0 Å². The molecule has 5 heteroatoms. The SMILES string of the molecule is O=Cc1c(SC2CCCC2)nc2sccn12. The van der Waals surface area contributed by atoms with Crippen LogP contribution in [-0.2, 0) is 0 Å². The van der Waals surface area contributed by atoms with Crippen molar-refractivity contribution < 1.29 is 4.79 Å². The van der Waals surface area contributed by atoms with Crippen LogP contribution in [0.1, 0.15) is 36.2 Å². The molecule has 0 aromatic carbocycles. The minimum Gasteiger partial charge on any atom is -0.296 e. The van der Waals surface area contributed by atoms with Crippen molar-refractivity contribution in [1.82, 2.24) is 9.38 Å². The third kappa shape index (κ3) is 1.68. The molecule has 0 spiro atoms. The Balaban J connectivity index is 1.95. The molecule has 0 unspecified atom stereocenters. The molecule has 0 bridgehead atoms. The summed E-state index contributed by atoms with van der Waals surface area (Å²) >= 11 is 3.35. The number of aldehydes is 1. The summed E-state index contributed by atoms with van der Waals surface area (Å²) in [5.74, 6) is 0. The van der Waals surface area contributed by atoms with Crippen LogP contribution in [0.3, 0.4) is 0 Å². The summed E-state index contributed by atoms with van der Waals surface area (Å²) in [6.07, 6.45) is 7.98. The maximum absolute atomic E-state index is 11.1. The second-order valence-corrected chi connectivity index (χ2v) is 6.16. The van der Waals surface area contributed by atoms with Crippen molar-refractivity contribution >= 4 is 34.3 Å². The minimum absolute atomic E-state index is 0.656. The fraction of sp³-hybridized carbons (Fsp3) is 0.455. The van der Waals surface area contributed by atoms with E-state index in [1.165, 1.54) is 25.7 Å². The Kier molecular flexibility index (Phi) is 2.73. The van der Waals surface area contributed by atoms with Crippen LogP contribution in [0, 0.1) is 0 Å². The number of nitrogens with zero attached hydrogens (tertiary/aromatic N) is 2. The Morgan fingerprint density at radius 2 is 2.31 bits per heavy atom. The monoisotopic (exact) mass is 252 g/mol. The van der Waals surface area contributed by atoms with Gasteiger partial charge in [-0.15, -0.1) is 23.1 Å². The average Bonchev–Trinajstić information content (AvgIpc) is 2.93. The van der Waals surface area contributed by atoms with Gasteiger partial charge in [0.05, 0.1) is 0 Å². The zero-order chi connectivity index (χ0) is 11.0. The number of thioether (sulfide) groups is 1. The molecule has 0 saturated heterocycles. The highest BCUT2D eigenvalue weighted by Gasteiger charge is 2.21. The number of carbonyl (C=O) groups is 1. The van der Waals surface area contributed by atoms with Crippen LogP contribution in [-0.4, -0.2) is 20.9 Å². The first kappa shape index (κ1) is 10.4. The number of imidazole rings is 1. The number of thiazole rings is 1. The zero-order valence-corrected chi connectivity index (χ0v) is 10.4. The Morgan fingerprint density at radius 1 is 1.50 bits per heavy atom. The molecule has 1 fully saturated rings. The molecule has 1 aliphatic rings. The van der Waals surface area contributed by atoms with Gasteiger partial charge in [-0.05, 0) is 12.8 Å². The van der Waals surface area contributed by atoms with Gasteiger partial charge in [0.15, 0.2) is 11.2 Å². The average molecular weight is 252 g/mol. The van der Waals surface area contributed by atoms with E-state index in [0.29, 0.717) is 10.9 Å². The Bertz CT molecular complexity index is 511. The third-order valence-corrected chi connectivity index (χ3v) is 5.04. The van der Waals surface area contributed by atoms with Crippen molar-refractivity contribution in [2.45, 2.75) is 36.0 Å². The van der Waals surface area contributed by atoms with Gasteiger partial charge in [-0.1, -0.05) is 12.8 Å². The lowest BCUT2D eigenvalue weighted by Gasteiger charge is -2.05. The van der Waals surface area contributed by atoms with Gasteiger partial charge in [-0.25, -0.2) is 4.98 Å². The molecule has 0 radical (unpaired) electrons. The van der Waals surface area contributed by atoms with E-state index in [-0.39, 0.29) is 0 Å². The molecule has 2 heterocycles. The smallest absolute Gasteiger partial charge is 0.195 e. The summed E-state index contributed by atoms with van der Waals surface area (Å²) in [6.45, 7) is 0. The van der Waals surface area contributed by atoms with Crippen LogP contribution in [0.5, 0.6) is 0 Å². The quantitative estimate of drug-likeness (QED) is 0.786. The second-order valence-electron chi connectivity index (χ2n) is 4.00. The number of fused-ring (bicyclic) bond motifs is 1. The van der Waals surface area contributed by atoms with Gasteiger partial charge >= 0.3 is 0 Å². The van der Waals surface area contributed by atoms with Gasteiger partial charge in [0.2, 0.25) is 0 Å². The number of hydrogen-bond acceptors (Lipinski definition) is 4. The minimum atomic E-state index is 0.656. The van der Waals surface area contributed by atoms with E-state index in [0.717, 1.165) is 16.3 Å². The highest BCUT2D eigenvalue weighted by atomic mass is 32.2. The molecule has 0 aliphatic heterocycles. The molecule has 1 aliphatic carbocycles. The number of carbonyl (C=O) groups excluding carboxylic acids is 1. The Labute approximate surface area is 102 Å². The van der Waals surface area contributed by atoms with E-state index in [9.17, 15) is 4.79 Å². The predicted molar refractivity (Wildman–Crippen MR) is 66.6 cm³/mol. The second kappa shape index (κ2) is 4.22. The first-order valence-electron chi connectivity index (χ1n) is 5.46. The van der Waals surface area contributed by atoms with Gasteiger partial charge in [0, 0.05) is 16.8 Å². The summed E-state index contributed by atoms with van der Waals surface area (Å²) in [6, 6.07) is 0. The number of hydrogen-bond donors (Lipinski definition) is 0. The predicted octanol–water partition coefficient (Wildman–Crippen LogP) is 3.24. The maximum atomic E-state index is 11.1. The van der Waals surface area contributed by atoms with Gasteiger partial charge in [0.25, 0.3) is 0 Å². The molecule has 2 aromatic rings. The molecule has 84 valence electrons. The zero-order valence-electron chi connectivity index (χ0n) is 8.76. The van der Waals surface area contributed by atoms with Gasteiger partial charge in [-0.2, -0.15) is 0 Å². The van der Waals surface area contributed by atoms with E-state index in [1.54, 1.807) is 23.1 Å². The van der Waals surface area contributed by atoms with E-state index in [2.05, 4.69) is 4.98 Å². The van der Waals surface area contributed by atoms with Gasteiger partial charge < -0.3 is 0 Å². The molecule has 2 aromatic heterocycles. The fourth-order valence-corrected chi connectivity index (χ4v) is 4.21. The molecule has 16 heavy (non-hydrogen) atoms. The van der Waals surface area contributed by atoms with Crippen LogP contribution in [0.2, 0.25) is 0 Å². The molecule has 3 nitrogen and oxygen atoms in total. The molecule has 0 amide bonds. The van der Waals surface area contributed by atoms with Gasteiger partial charge in [0.1, 0.15) is 10.7 Å². The molecular weight excluding hydrogens is 240 g/mol. The Morgan fingerprint density at radius 3 is 3.06 bits per heavy atom. The Hall–Kier alpha value is -0.810. The van der Waals surface area contributed by atoms with Crippen LogP contribution < -0.4 is 0 Å². The first-order valence-corrected chi connectivity index (χ1v) is 7.22. The molecule has 0 N–H and O–H groups in total. The van der Waals surface area contributed by atoms with Crippen molar-refractivity contribution in [3.05, 3.63) is 17.3 Å². The molecule has 0 atom stereocenters. The first-order chi connectivity index (χ1) is 7.88. The molecule has 3 rings (SSSR count). The van der Waals surface area contributed by atoms with Crippen LogP contribution in [0.15, 0.2) is 16.6 Å². The van der Waals surface area contributed by atoms with Gasteiger partial charge in [-0.3, -0.25) is 9.20 Å². The largest absolute Gasteiger partial charge is 0.296 e. The van der Waals surface area contributed by atoms with E-state index < -0.39 is 0 Å². The van der Waals surface area contributed by atoms with E-state index >= 15 is 0 Å². The van der Waals surface area contributed by atoms with Crippen LogP contribution in [0.4, 0.5) is 0 Å². The summed E-state index contributed by atoms with van der Waals surface area (Å²) in [4.78, 5) is 16.5. The maximum Gasteiger partial charge on any atom is 0.195 e.